The van der Waals surface area contributed by atoms with Gasteiger partial charge in [-0.1, -0.05) is 6.92 Å². The van der Waals surface area contributed by atoms with Crippen LogP contribution in [-0.2, 0) is 68.2 Å². The van der Waals surface area contributed by atoms with E-state index in [9.17, 15) is 27.2 Å². The quantitative estimate of drug-likeness (QED) is 0.0193. The second-order valence-electron chi connectivity index (χ2n) is 16.1. The van der Waals surface area contributed by atoms with Gasteiger partial charge in [-0.05, 0) is 63.0 Å². The van der Waals surface area contributed by atoms with Crippen molar-refractivity contribution in [2.75, 3.05) is 145 Å². The highest BCUT2D eigenvalue weighted by Crippen LogP contribution is 2.42. The van der Waals surface area contributed by atoms with E-state index in [1.807, 2.05) is 19.9 Å². The second-order valence-corrected chi connectivity index (χ2v) is 17.2. The Morgan fingerprint density at radius 1 is 0.657 bits per heavy atom. The van der Waals surface area contributed by atoms with E-state index in [1.54, 1.807) is 11.3 Å². The number of nitrogens with zero attached hydrogens (tertiary/aromatic N) is 2. The van der Waals surface area contributed by atoms with E-state index in [2.05, 4.69) is 15.8 Å². The van der Waals surface area contributed by atoms with Crippen LogP contribution in [0.15, 0.2) is 22.7 Å². The van der Waals surface area contributed by atoms with Crippen LogP contribution < -0.4 is 10.5 Å². The van der Waals surface area contributed by atoms with Gasteiger partial charge in [0.1, 0.15) is 5.84 Å². The van der Waals surface area contributed by atoms with Crippen LogP contribution in [0.2, 0.25) is 0 Å². The van der Waals surface area contributed by atoms with Crippen LogP contribution in [0.1, 0.15) is 62.1 Å². The van der Waals surface area contributed by atoms with Crippen molar-refractivity contribution >= 4 is 40.8 Å². The summed E-state index contributed by atoms with van der Waals surface area (Å²) in [5.74, 6) is -7.89. The summed E-state index contributed by atoms with van der Waals surface area (Å²) in [5.41, 5.74) is 7.66. The number of hydroxylamine groups is 2. The molecule has 1 aromatic heterocycles. The molecule has 0 bridgehead atoms. The molecule has 17 nitrogen and oxygen atoms in total. The topological polar surface area (TPSA) is 187 Å². The number of halogens is 4. The Morgan fingerprint density at radius 3 is 1.57 bits per heavy atom. The molecule has 1 aliphatic carbocycles. The maximum absolute atomic E-state index is 13.6. The fraction of sp³-hybridized carbons (Fsp3) is 0.688. The largest absolute Gasteiger partial charge is 0.420 e. The summed E-state index contributed by atoms with van der Waals surface area (Å²) in [4.78, 5) is 37.3. The van der Waals surface area contributed by atoms with Gasteiger partial charge in [0.2, 0.25) is 17.4 Å². The highest BCUT2D eigenvalue weighted by molar-refractivity contribution is 7.13. The molecule has 70 heavy (non-hydrogen) atoms. The van der Waals surface area contributed by atoms with Crippen LogP contribution in [0.25, 0.3) is 6.08 Å². The molecular formula is C48H71F4N3O14S. The van der Waals surface area contributed by atoms with Gasteiger partial charge in [-0.25, -0.2) is 18.8 Å². The average molecular weight is 1020 g/mol. The molecule has 2 N–H and O–H groups in total. The van der Waals surface area contributed by atoms with Crippen molar-refractivity contribution in [3.8, 4) is 5.75 Å². The number of aliphatic imine (C=N–C) groups is 1. The lowest BCUT2D eigenvalue weighted by molar-refractivity contribution is -0.180. The average Bonchev–Trinajstić information content (AvgIpc) is 3.62. The predicted octanol–water partition coefficient (Wildman–Crippen LogP) is 6.39. The van der Waals surface area contributed by atoms with Gasteiger partial charge in [-0.3, -0.25) is 14.4 Å². The maximum Gasteiger partial charge on any atom is 0.313 e. The van der Waals surface area contributed by atoms with Crippen LogP contribution >= 0.6 is 11.3 Å². The number of amidine groups is 1. The van der Waals surface area contributed by atoms with Gasteiger partial charge in [-0.2, -0.15) is 8.78 Å². The molecule has 2 aromatic rings. The molecule has 1 aliphatic heterocycles. The van der Waals surface area contributed by atoms with Crippen molar-refractivity contribution in [3.63, 3.8) is 0 Å². The Hall–Kier alpha value is -3.65. The molecule has 1 saturated carbocycles. The molecule has 396 valence electrons. The monoisotopic (exact) mass is 1020 g/mol. The summed E-state index contributed by atoms with van der Waals surface area (Å²) in [5, 5.41) is 1.43. The highest BCUT2D eigenvalue weighted by Gasteiger charge is 2.30. The van der Waals surface area contributed by atoms with Gasteiger partial charge in [0, 0.05) is 36.1 Å². The molecule has 0 spiro atoms. The number of rotatable bonds is 41. The molecule has 1 amide bonds. The number of ether oxygens (including phenoxy) is 11. The summed E-state index contributed by atoms with van der Waals surface area (Å²) in [6.07, 6.45) is 7.07. The van der Waals surface area contributed by atoms with E-state index < -0.39 is 41.4 Å². The third-order valence-electron chi connectivity index (χ3n) is 10.5. The Kier molecular flexibility index (Phi) is 29.9. The standard InChI is InChI=1S/C48H71F4N3O14S/c1-3-7-55(68-4-2)48(57)37-31-42-41(54-43(53)32-37)33-38(70-42)30-36-28-35(29-36)5-8-58-10-12-60-14-16-62-18-20-64-22-24-66-26-27-67-25-23-65-21-19-63-17-15-61-13-11-59-9-6-44(56)69-47-45(51)39(49)34-40(50)46(47)52/h31,33-36H,3-30,32H2,1-2H3,(H2,53,54). The maximum atomic E-state index is 13.6. The minimum atomic E-state index is -1.80. The number of hydrogen-bond acceptors (Lipinski definition) is 17. The smallest absolute Gasteiger partial charge is 0.313 e. The third-order valence-corrected chi connectivity index (χ3v) is 11.6. The van der Waals surface area contributed by atoms with Gasteiger partial charge in [-0.15, -0.1) is 11.3 Å². The van der Waals surface area contributed by atoms with Gasteiger partial charge in [0.25, 0.3) is 5.91 Å². The number of thiophene rings is 1. The van der Waals surface area contributed by atoms with Gasteiger partial charge >= 0.3 is 5.97 Å². The first-order valence-electron chi connectivity index (χ1n) is 24.0. The first kappa shape index (κ1) is 58.9. The Balaban J connectivity index is 0.818. The molecular weight excluding hydrogens is 951 g/mol. The Bertz CT molecular complexity index is 1840. The molecule has 1 fully saturated rings. The summed E-state index contributed by atoms with van der Waals surface area (Å²) in [7, 11) is 0. The number of hydrogen-bond donors (Lipinski definition) is 1. The van der Waals surface area contributed by atoms with Crippen molar-refractivity contribution in [1.29, 1.82) is 0 Å². The number of amides is 1. The van der Waals surface area contributed by atoms with Crippen molar-refractivity contribution in [2.45, 2.75) is 58.8 Å². The fourth-order valence-corrected chi connectivity index (χ4v) is 8.25. The molecule has 0 unspecified atom stereocenters. The van der Waals surface area contributed by atoms with Crippen LogP contribution in [0.3, 0.4) is 0 Å². The fourth-order valence-electron chi connectivity index (χ4n) is 7.07. The van der Waals surface area contributed by atoms with Crippen molar-refractivity contribution in [3.05, 3.63) is 50.7 Å². The first-order chi connectivity index (χ1) is 34.1. The first-order valence-corrected chi connectivity index (χ1v) is 24.8. The molecule has 0 radical (unpaired) electrons. The Labute approximate surface area is 412 Å². The number of fused-ring (bicyclic) bond motifs is 1. The SMILES string of the molecule is CCCN(OCC)C(=O)C1=Cc2sc(CC3CC(CCOCCOCCOCCOCCOCCOCCOCCOCCOCCOCCC(=O)Oc4c(F)c(F)cc(F)c4F)C3)cc2N=C(N)C1. The number of esters is 1. The molecule has 0 atom stereocenters. The highest BCUT2D eigenvalue weighted by atomic mass is 32.1. The van der Waals surface area contributed by atoms with E-state index in [0.717, 1.165) is 36.4 Å². The number of nitrogens with two attached hydrogens (primary N) is 1. The molecule has 4 rings (SSSR count). The molecule has 22 heteroatoms. The second kappa shape index (κ2) is 35.5. The third kappa shape index (κ3) is 23.3. The number of carbonyl (C=O) groups excluding carboxylic acids is 2. The minimum absolute atomic E-state index is 0.0188. The van der Waals surface area contributed by atoms with Crippen molar-refractivity contribution in [2.24, 2.45) is 22.6 Å². The lowest BCUT2D eigenvalue weighted by Crippen LogP contribution is -2.34. The summed E-state index contributed by atoms with van der Waals surface area (Å²) >= 11 is 1.70. The van der Waals surface area contributed by atoms with Gasteiger partial charge in [0.15, 0.2) is 11.6 Å². The predicted molar refractivity (Wildman–Crippen MR) is 251 cm³/mol. The van der Waals surface area contributed by atoms with E-state index >= 15 is 0 Å². The number of carbonyl (C=O) groups is 2. The van der Waals surface area contributed by atoms with Crippen LogP contribution in [0.4, 0.5) is 23.2 Å². The summed E-state index contributed by atoms with van der Waals surface area (Å²) in [6, 6.07) is 2.14. The number of benzene rings is 1. The van der Waals surface area contributed by atoms with E-state index in [1.165, 1.54) is 22.8 Å². The van der Waals surface area contributed by atoms with Gasteiger partial charge in [0.05, 0.1) is 149 Å². The zero-order valence-corrected chi connectivity index (χ0v) is 41.3. The molecule has 0 saturated heterocycles. The van der Waals surface area contributed by atoms with Gasteiger partial charge < -0.3 is 57.8 Å². The zero-order valence-electron chi connectivity index (χ0n) is 40.5. The summed E-state index contributed by atoms with van der Waals surface area (Å²) in [6.45, 7) is 12.7. The van der Waals surface area contributed by atoms with E-state index in [0.29, 0.717) is 149 Å². The summed E-state index contributed by atoms with van der Waals surface area (Å²) < 4.78 is 113. The minimum Gasteiger partial charge on any atom is -0.420 e. The molecule has 2 aliphatic rings. The van der Waals surface area contributed by atoms with E-state index in [-0.39, 0.29) is 31.8 Å². The molecule has 1 aromatic carbocycles. The lowest BCUT2D eigenvalue weighted by atomic mass is 9.72. The van der Waals surface area contributed by atoms with Crippen molar-refractivity contribution in [1.82, 2.24) is 5.06 Å². The zero-order chi connectivity index (χ0) is 50.2. The molecule has 2 heterocycles. The normalized spacial score (nSPS) is 15.6. The van der Waals surface area contributed by atoms with Crippen LogP contribution in [0, 0.1) is 35.1 Å². The van der Waals surface area contributed by atoms with Crippen LogP contribution in [-0.4, -0.2) is 168 Å². The lowest BCUT2D eigenvalue weighted by Gasteiger charge is -2.35. The van der Waals surface area contributed by atoms with Crippen molar-refractivity contribution < 1.29 is 84.1 Å². The van der Waals surface area contributed by atoms with E-state index in [4.69, 9.17) is 57.9 Å². The Morgan fingerprint density at radius 2 is 1.11 bits per heavy atom. The van der Waals surface area contributed by atoms with Crippen LogP contribution in [0.5, 0.6) is 5.75 Å².